The zero-order valence-electron chi connectivity index (χ0n) is 17.7. The van der Waals surface area contributed by atoms with Gasteiger partial charge in [-0.3, -0.25) is 9.59 Å². The number of rotatable bonds is 6. The van der Waals surface area contributed by atoms with E-state index in [0.29, 0.717) is 28.3 Å². The van der Waals surface area contributed by atoms with Crippen LogP contribution in [0.3, 0.4) is 0 Å². The van der Waals surface area contributed by atoms with Gasteiger partial charge in [-0.15, -0.1) is 0 Å². The molecular formula is C25H20BrN3O4. The maximum Gasteiger partial charge on any atom is 0.287 e. The van der Waals surface area contributed by atoms with Crippen molar-refractivity contribution in [3.63, 3.8) is 0 Å². The van der Waals surface area contributed by atoms with Gasteiger partial charge in [0.15, 0.2) is 11.5 Å². The smallest absolute Gasteiger partial charge is 0.287 e. The van der Waals surface area contributed by atoms with Crippen LogP contribution in [0.1, 0.15) is 28.4 Å². The van der Waals surface area contributed by atoms with E-state index in [2.05, 4.69) is 31.8 Å². The Morgan fingerprint density at radius 3 is 2.48 bits per heavy atom. The van der Waals surface area contributed by atoms with E-state index in [4.69, 9.17) is 9.47 Å². The van der Waals surface area contributed by atoms with Gasteiger partial charge in [0, 0.05) is 10.0 Å². The standard InChI is InChI=1S/C25H20BrN3O4/c1-16(19-8-5-9-20(26)14-19)28-29-25(31)21(27-24(30)18-6-3-2-4-7-18)12-17-10-11-22-23(13-17)33-15-32-22/h2-14H,15H2,1H3,(H,27,30)(H,29,31). The highest BCUT2D eigenvalue weighted by Crippen LogP contribution is 2.33. The van der Waals surface area contributed by atoms with Gasteiger partial charge in [-0.1, -0.05) is 52.3 Å². The lowest BCUT2D eigenvalue weighted by Crippen LogP contribution is -2.33. The van der Waals surface area contributed by atoms with Crippen molar-refractivity contribution >= 4 is 39.5 Å². The largest absolute Gasteiger partial charge is 0.454 e. The maximum absolute atomic E-state index is 13.0. The van der Waals surface area contributed by atoms with Crippen LogP contribution < -0.4 is 20.2 Å². The molecule has 0 atom stereocenters. The van der Waals surface area contributed by atoms with Crippen LogP contribution in [0.5, 0.6) is 11.5 Å². The summed E-state index contributed by atoms with van der Waals surface area (Å²) in [5.74, 6) is 0.221. The van der Waals surface area contributed by atoms with E-state index >= 15 is 0 Å². The second kappa shape index (κ2) is 10.1. The summed E-state index contributed by atoms with van der Waals surface area (Å²) in [6, 6.07) is 21.5. The highest BCUT2D eigenvalue weighted by Gasteiger charge is 2.17. The minimum atomic E-state index is -0.564. The van der Waals surface area contributed by atoms with Gasteiger partial charge >= 0.3 is 0 Å². The van der Waals surface area contributed by atoms with Gasteiger partial charge in [0.1, 0.15) is 5.70 Å². The molecule has 0 aromatic heterocycles. The fraction of sp³-hybridized carbons (Fsp3) is 0.0800. The number of nitrogens with one attached hydrogen (secondary N) is 2. The van der Waals surface area contributed by atoms with Crippen LogP contribution >= 0.6 is 15.9 Å². The maximum atomic E-state index is 13.0. The number of carbonyl (C=O) groups excluding carboxylic acids is 2. The lowest BCUT2D eigenvalue weighted by atomic mass is 10.1. The summed E-state index contributed by atoms with van der Waals surface area (Å²) >= 11 is 3.42. The Morgan fingerprint density at radius 1 is 0.939 bits per heavy atom. The first-order chi connectivity index (χ1) is 16.0. The van der Waals surface area contributed by atoms with E-state index in [9.17, 15) is 9.59 Å². The predicted octanol–water partition coefficient (Wildman–Crippen LogP) is 4.49. The van der Waals surface area contributed by atoms with Crippen LogP contribution in [0.15, 0.2) is 88.1 Å². The zero-order chi connectivity index (χ0) is 23.2. The Balaban J connectivity index is 1.59. The fourth-order valence-corrected chi connectivity index (χ4v) is 3.48. The van der Waals surface area contributed by atoms with Crippen LogP contribution in [0.4, 0.5) is 0 Å². The molecule has 3 aromatic carbocycles. The Kier molecular flexibility index (Phi) is 6.85. The molecule has 0 saturated carbocycles. The number of hydrogen-bond acceptors (Lipinski definition) is 5. The normalized spacial score (nSPS) is 12.9. The Labute approximate surface area is 199 Å². The SMILES string of the molecule is CC(=NNC(=O)C(=Cc1ccc2c(c1)OCO2)NC(=O)c1ccccc1)c1cccc(Br)c1. The van der Waals surface area contributed by atoms with Gasteiger partial charge in [0.25, 0.3) is 11.8 Å². The zero-order valence-corrected chi connectivity index (χ0v) is 19.3. The summed E-state index contributed by atoms with van der Waals surface area (Å²) in [6.45, 7) is 1.93. The molecule has 2 amide bonds. The van der Waals surface area contributed by atoms with Crippen molar-refractivity contribution in [3.05, 3.63) is 99.7 Å². The molecule has 4 rings (SSSR count). The molecule has 33 heavy (non-hydrogen) atoms. The van der Waals surface area contributed by atoms with Crippen LogP contribution in [0.25, 0.3) is 6.08 Å². The van der Waals surface area contributed by atoms with E-state index in [1.807, 2.05) is 30.3 Å². The van der Waals surface area contributed by atoms with Crippen molar-refractivity contribution in [1.82, 2.24) is 10.7 Å². The van der Waals surface area contributed by atoms with E-state index in [0.717, 1.165) is 10.0 Å². The van der Waals surface area contributed by atoms with Crippen LogP contribution in [0, 0.1) is 0 Å². The van der Waals surface area contributed by atoms with Gasteiger partial charge in [0.2, 0.25) is 6.79 Å². The lowest BCUT2D eigenvalue weighted by Gasteiger charge is -2.10. The highest BCUT2D eigenvalue weighted by molar-refractivity contribution is 9.10. The van der Waals surface area contributed by atoms with Crippen molar-refractivity contribution in [2.45, 2.75) is 6.92 Å². The number of benzene rings is 3. The Bertz CT molecular complexity index is 1260. The molecule has 1 aliphatic rings. The van der Waals surface area contributed by atoms with Crippen molar-refractivity contribution in [3.8, 4) is 11.5 Å². The first-order valence-corrected chi connectivity index (χ1v) is 10.9. The molecule has 2 N–H and O–H groups in total. The fourth-order valence-electron chi connectivity index (χ4n) is 3.08. The molecule has 0 bridgehead atoms. The van der Waals surface area contributed by atoms with Gasteiger partial charge in [-0.05, 0) is 60.5 Å². The first-order valence-electron chi connectivity index (χ1n) is 10.1. The molecule has 0 aliphatic carbocycles. The average molecular weight is 506 g/mol. The van der Waals surface area contributed by atoms with Gasteiger partial charge in [-0.2, -0.15) is 5.10 Å². The molecule has 1 heterocycles. The number of hydrogen-bond donors (Lipinski definition) is 2. The topological polar surface area (TPSA) is 89.0 Å². The molecule has 0 fully saturated rings. The third kappa shape index (κ3) is 5.67. The van der Waals surface area contributed by atoms with Crippen molar-refractivity contribution in [2.75, 3.05) is 6.79 Å². The second-order valence-electron chi connectivity index (χ2n) is 7.14. The second-order valence-corrected chi connectivity index (χ2v) is 8.06. The number of ether oxygens (including phenoxy) is 2. The van der Waals surface area contributed by atoms with Gasteiger partial charge in [-0.25, -0.2) is 5.43 Å². The van der Waals surface area contributed by atoms with Gasteiger partial charge < -0.3 is 14.8 Å². The summed E-state index contributed by atoms with van der Waals surface area (Å²) in [6.07, 6.45) is 1.56. The third-order valence-electron chi connectivity index (χ3n) is 4.80. The minimum absolute atomic E-state index is 0.0357. The molecule has 3 aromatic rings. The molecule has 0 unspecified atom stereocenters. The molecule has 0 radical (unpaired) electrons. The van der Waals surface area contributed by atoms with E-state index < -0.39 is 11.8 Å². The van der Waals surface area contributed by atoms with E-state index in [1.165, 1.54) is 0 Å². The van der Waals surface area contributed by atoms with E-state index in [-0.39, 0.29) is 12.5 Å². The number of halogens is 1. The summed E-state index contributed by atoms with van der Waals surface area (Å²) in [5, 5.41) is 6.88. The molecule has 1 aliphatic heterocycles. The molecule has 166 valence electrons. The lowest BCUT2D eigenvalue weighted by molar-refractivity contribution is -0.117. The van der Waals surface area contributed by atoms with E-state index in [1.54, 1.807) is 55.5 Å². The summed E-state index contributed by atoms with van der Waals surface area (Å²) in [5.41, 5.74) is 5.10. The predicted molar refractivity (Wildman–Crippen MR) is 129 cm³/mol. The van der Waals surface area contributed by atoms with Crippen LogP contribution in [0.2, 0.25) is 0 Å². The average Bonchev–Trinajstić information content (AvgIpc) is 3.30. The Hall–Kier alpha value is -3.91. The molecule has 7 nitrogen and oxygen atoms in total. The van der Waals surface area contributed by atoms with Crippen LogP contribution in [-0.4, -0.2) is 24.3 Å². The molecule has 0 spiro atoms. The number of fused-ring (bicyclic) bond motifs is 1. The summed E-state index contributed by atoms with van der Waals surface area (Å²) in [4.78, 5) is 25.7. The first kappa shape index (κ1) is 22.3. The number of hydrazone groups is 1. The van der Waals surface area contributed by atoms with Gasteiger partial charge in [0.05, 0.1) is 5.71 Å². The van der Waals surface area contributed by atoms with Crippen molar-refractivity contribution in [2.24, 2.45) is 5.10 Å². The summed E-state index contributed by atoms with van der Waals surface area (Å²) in [7, 11) is 0. The molecule has 0 saturated heterocycles. The van der Waals surface area contributed by atoms with Crippen molar-refractivity contribution in [1.29, 1.82) is 0 Å². The minimum Gasteiger partial charge on any atom is -0.454 e. The number of nitrogens with zero attached hydrogens (tertiary/aromatic N) is 1. The number of amides is 2. The number of carbonyl (C=O) groups is 2. The summed E-state index contributed by atoms with van der Waals surface area (Å²) < 4.78 is 11.6. The molecular weight excluding hydrogens is 486 g/mol. The monoisotopic (exact) mass is 505 g/mol. The highest BCUT2D eigenvalue weighted by atomic mass is 79.9. The van der Waals surface area contributed by atoms with Crippen LogP contribution in [-0.2, 0) is 4.79 Å². The molecule has 8 heteroatoms. The Morgan fingerprint density at radius 2 is 1.70 bits per heavy atom. The van der Waals surface area contributed by atoms with Crippen molar-refractivity contribution < 1.29 is 19.1 Å². The third-order valence-corrected chi connectivity index (χ3v) is 5.30. The quantitative estimate of drug-likeness (QED) is 0.293.